The fraction of sp³-hybridized carbons (Fsp3) is 0.440. The fourth-order valence-corrected chi connectivity index (χ4v) is 6.18. The molecule has 4 nitrogen and oxygen atoms in total. The van der Waals surface area contributed by atoms with E-state index in [0.29, 0.717) is 10.9 Å². The van der Waals surface area contributed by atoms with Crippen LogP contribution in [0.3, 0.4) is 0 Å². The van der Waals surface area contributed by atoms with Gasteiger partial charge in [0.05, 0.1) is 10.4 Å². The lowest BCUT2D eigenvalue weighted by Crippen LogP contribution is -2.40. The van der Waals surface area contributed by atoms with E-state index in [9.17, 15) is 8.42 Å². The molecule has 0 amide bonds. The van der Waals surface area contributed by atoms with Crippen LogP contribution in [-0.4, -0.2) is 36.4 Å². The zero-order chi connectivity index (χ0) is 21.3. The van der Waals surface area contributed by atoms with Crippen LogP contribution in [0.2, 0.25) is 0 Å². The number of aryl methyl sites for hydroxylation is 2. The van der Waals surface area contributed by atoms with Gasteiger partial charge < -0.3 is 4.90 Å². The summed E-state index contributed by atoms with van der Waals surface area (Å²) in [6.07, 6.45) is 7.30. The van der Waals surface area contributed by atoms with E-state index < -0.39 is 10.0 Å². The van der Waals surface area contributed by atoms with E-state index in [4.69, 9.17) is 0 Å². The molecule has 5 heteroatoms. The Hall–Kier alpha value is -2.11. The van der Waals surface area contributed by atoms with E-state index in [1.165, 1.54) is 34.4 Å². The zero-order valence-corrected chi connectivity index (χ0v) is 19.1. The highest BCUT2D eigenvalue weighted by molar-refractivity contribution is 7.90. The van der Waals surface area contributed by atoms with Gasteiger partial charge in [-0.2, -0.15) is 0 Å². The van der Waals surface area contributed by atoms with Crippen molar-refractivity contribution in [2.45, 2.75) is 63.8 Å². The second kappa shape index (κ2) is 8.56. The quantitative estimate of drug-likeness (QED) is 0.526. The van der Waals surface area contributed by atoms with Crippen molar-refractivity contribution in [2.24, 2.45) is 0 Å². The van der Waals surface area contributed by atoms with E-state index in [2.05, 4.69) is 24.8 Å². The molecule has 0 saturated heterocycles. The summed E-state index contributed by atoms with van der Waals surface area (Å²) in [5, 5.41) is 1.08. The van der Waals surface area contributed by atoms with E-state index in [1.807, 2.05) is 31.2 Å². The fourth-order valence-electron chi connectivity index (χ4n) is 4.83. The van der Waals surface area contributed by atoms with Gasteiger partial charge in [-0.15, -0.1) is 0 Å². The van der Waals surface area contributed by atoms with E-state index in [-0.39, 0.29) is 0 Å². The van der Waals surface area contributed by atoms with Crippen LogP contribution in [-0.2, 0) is 22.9 Å². The van der Waals surface area contributed by atoms with Gasteiger partial charge in [0.15, 0.2) is 0 Å². The number of rotatable bonds is 7. The van der Waals surface area contributed by atoms with Gasteiger partial charge in [-0.1, -0.05) is 37.6 Å². The summed E-state index contributed by atoms with van der Waals surface area (Å²) in [5.74, 6) is 0. The number of hydrogen-bond donors (Lipinski definition) is 0. The van der Waals surface area contributed by atoms with E-state index in [0.717, 1.165) is 42.4 Å². The normalized spacial score (nSPS) is 16.9. The van der Waals surface area contributed by atoms with Gasteiger partial charge in [-0.3, -0.25) is 0 Å². The summed E-state index contributed by atoms with van der Waals surface area (Å²) < 4.78 is 28.0. The maximum atomic E-state index is 13.3. The minimum atomic E-state index is -3.61. The predicted octanol–water partition coefficient (Wildman–Crippen LogP) is 5.17. The first-order chi connectivity index (χ1) is 14.5. The van der Waals surface area contributed by atoms with Crippen molar-refractivity contribution in [2.75, 3.05) is 13.1 Å². The lowest BCUT2D eigenvalue weighted by atomic mass is 9.85. The highest BCUT2D eigenvalue weighted by Crippen LogP contribution is 2.33. The van der Waals surface area contributed by atoms with Crippen molar-refractivity contribution in [1.29, 1.82) is 0 Å². The molecule has 30 heavy (non-hydrogen) atoms. The van der Waals surface area contributed by atoms with Crippen LogP contribution in [0.25, 0.3) is 10.9 Å². The molecule has 0 radical (unpaired) electrons. The Bertz CT molecular complexity index is 1120. The molecular weight excluding hydrogens is 392 g/mol. The summed E-state index contributed by atoms with van der Waals surface area (Å²) in [5.41, 5.74) is 4.54. The molecular formula is C25H32N2O2S. The number of aromatic nitrogens is 1. The van der Waals surface area contributed by atoms with Gasteiger partial charge in [0, 0.05) is 17.6 Å². The summed E-state index contributed by atoms with van der Waals surface area (Å²) in [6, 6.07) is 13.7. The lowest BCUT2D eigenvalue weighted by Gasteiger charge is -2.35. The van der Waals surface area contributed by atoms with Crippen LogP contribution >= 0.6 is 0 Å². The molecule has 1 aromatic heterocycles. The Kier molecular flexibility index (Phi) is 6.03. The van der Waals surface area contributed by atoms with Crippen LogP contribution in [0.4, 0.5) is 0 Å². The smallest absolute Gasteiger partial charge is 0.268 e. The van der Waals surface area contributed by atoms with Gasteiger partial charge in [-0.25, -0.2) is 12.4 Å². The standard InChI is InChI=1S/C25H32N2O2S/c1-4-15-26(16-5-2)21-10-8-20-9-13-25-23(24(20)18-21)14-17-27(25)30(28,29)22-11-6-19(3)7-12-22/h6-7,9,11-14,17,21H,4-5,8,10,15-16,18H2,1-3H3/t21-/m0/s1. The monoisotopic (exact) mass is 424 g/mol. The molecule has 0 spiro atoms. The van der Waals surface area contributed by atoms with Gasteiger partial charge >= 0.3 is 0 Å². The molecule has 0 unspecified atom stereocenters. The van der Waals surface area contributed by atoms with Crippen molar-refractivity contribution in [3.8, 4) is 0 Å². The molecule has 1 heterocycles. The van der Waals surface area contributed by atoms with Gasteiger partial charge in [0.1, 0.15) is 0 Å². The van der Waals surface area contributed by atoms with Crippen molar-refractivity contribution in [1.82, 2.24) is 8.87 Å². The average Bonchev–Trinajstić information content (AvgIpc) is 3.19. The van der Waals surface area contributed by atoms with Gasteiger partial charge in [-0.05, 0) is 87.5 Å². The van der Waals surface area contributed by atoms with Crippen LogP contribution in [0, 0.1) is 6.92 Å². The Balaban J connectivity index is 1.73. The Morgan fingerprint density at radius 1 is 1.00 bits per heavy atom. The molecule has 1 aliphatic carbocycles. The largest absolute Gasteiger partial charge is 0.300 e. The zero-order valence-electron chi connectivity index (χ0n) is 18.3. The SMILES string of the molecule is CCCN(CCC)[C@H]1CCc2ccc3c(ccn3S(=O)(=O)c3ccc(C)cc3)c2C1. The van der Waals surface area contributed by atoms with E-state index in [1.54, 1.807) is 18.3 Å². The van der Waals surface area contributed by atoms with Crippen molar-refractivity contribution < 1.29 is 8.42 Å². The number of fused-ring (bicyclic) bond motifs is 3. The topological polar surface area (TPSA) is 42.3 Å². The van der Waals surface area contributed by atoms with Gasteiger partial charge in [0.25, 0.3) is 10.0 Å². The number of nitrogens with zero attached hydrogens (tertiary/aromatic N) is 2. The molecule has 0 fully saturated rings. The van der Waals surface area contributed by atoms with Gasteiger partial charge in [0.2, 0.25) is 0 Å². The molecule has 0 saturated carbocycles. The molecule has 0 N–H and O–H groups in total. The van der Waals surface area contributed by atoms with Crippen molar-refractivity contribution >= 4 is 20.9 Å². The van der Waals surface area contributed by atoms with Crippen LogP contribution in [0.1, 0.15) is 49.8 Å². The highest BCUT2D eigenvalue weighted by Gasteiger charge is 2.27. The Morgan fingerprint density at radius 3 is 2.37 bits per heavy atom. The number of benzene rings is 2. The minimum Gasteiger partial charge on any atom is -0.300 e. The first-order valence-corrected chi connectivity index (χ1v) is 12.6. The first kappa shape index (κ1) is 21.1. The molecule has 0 aliphatic heterocycles. The first-order valence-electron chi connectivity index (χ1n) is 11.1. The number of hydrogen-bond acceptors (Lipinski definition) is 3. The minimum absolute atomic E-state index is 0.332. The van der Waals surface area contributed by atoms with Crippen LogP contribution in [0.5, 0.6) is 0 Å². The highest BCUT2D eigenvalue weighted by atomic mass is 32.2. The third-order valence-corrected chi connectivity index (χ3v) is 8.05. The summed E-state index contributed by atoms with van der Waals surface area (Å²) in [4.78, 5) is 2.96. The summed E-state index contributed by atoms with van der Waals surface area (Å²) in [6.45, 7) is 8.71. The third-order valence-electron chi connectivity index (χ3n) is 6.35. The Morgan fingerprint density at radius 2 is 1.70 bits per heavy atom. The molecule has 160 valence electrons. The Labute approximate surface area is 180 Å². The predicted molar refractivity (Wildman–Crippen MR) is 124 cm³/mol. The second-order valence-corrected chi connectivity index (χ2v) is 10.3. The molecule has 2 aromatic carbocycles. The molecule has 1 atom stereocenters. The van der Waals surface area contributed by atoms with Crippen LogP contribution in [0.15, 0.2) is 53.6 Å². The van der Waals surface area contributed by atoms with Crippen molar-refractivity contribution in [3.05, 3.63) is 65.4 Å². The molecule has 3 aromatic rings. The molecule has 4 rings (SSSR count). The third kappa shape index (κ3) is 3.81. The molecule has 0 bridgehead atoms. The summed E-state index contributed by atoms with van der Waals surface area (Å²) >= 11 is 0. The molecule has 1 aliphatic rings. The summed E-state index contributed by atoms with van der Waals surface area (Å²) in [7, 11) is -3.61. The maximum Gasteiger partial charge on any atom is 0.268 e. The van der Waals surface area contributed by atoms with Crippen LogP contribution < -0.4 is 0 Å². The second-order valence-electron chi connectivity index (χ2n) is 8.50. The average molecular weight is 425 g/mol. The lowest BCUT2D eigenvalue weighted by molar-refractivity contribution is 0.180. The maximum absolute atomic E-state index is 13.3. The van der Waals surface area contributed by atoms with E-state index >= 15 is 0 Å². The van der Waals surface area contributed by atoms with Crippen molar-refractivity contribution in [3.63, 3.8) is 0 Å².